The number of fused-ring (bicyclic) bond motifs is 1. The number of hydrogen-bond acceptors (Lipinski definition) is 3. The number of rotatable bonds is 5. The molecule has 31 heavy (non-hydrogen) atoms. The molecular weight excluding hydrogens is 417 g/mol. The smallest absolute Gasteiger partial charge is 0.335 e. The van der Waals surface area contributed by atoms with E-state index in [0.717, 1.165) is 17.0 Å². The molecule has 0 aliphatic carbocycles. The molecule has 0 amide bonds. The topological polar surface area (TPSA) is 83.5 Å². The van der Waals surface area contributed by atoms with Crippen molar-refractivity contribution in [1.29, 1.82) is 0 Å². The number of carboxylic acid groups (broad SMARTS) is 1. The SMILES string of the molecule is Cc1ccc(F)c(S(=O)(=O)Nc2ccc(-c3cccc(C(=O)O)c3)c3ccccc23)c1. The Morgan fingerprint density at radius 3 is 2.39 bits per heavy atom. The van der Waals surface area contributed by atoms with Gasteiger partial charge in [0.2, 0.25) is 0 Å². The van der Waals surface area contributed by atoms with Crippen LogP contribution in [-0.2, 0) is 10.0 Å². The molecule has 0 aromatic heterocycles. The molecule has 2 N–H and O–H groups in total. The normalized spacial score (nSPS) is 11.4. The van der Waals surface area contributed by atoms with Gasteiger partial charge in [-0.3, -0.25) is 4.72 Å². The quantitative estimate of drug-likeness (QED) is 0.436. The Hall–Kier alpha value is -3.71. The van der Waals surface area contributed by atoms with Gasteiger partial charge in [0.1, 0.15) is 10.7 Å². The minimum absolute atomic E-state index is 0.154. The molecule has 4 rings (SSSR count). The highest BCUT2D eigenvalue weighted by atomic mass is 32.2. The van der Waals surface area contributed by atoms with E-state index in [-0.39, 0.29) is 5.56 Å². The number of carboxylic acids is 1. The lowest BCUT2D eigenvalue weighted by molar-refractivity contribution is 0.0697. The zero-order valence-electron chi connectivity index (χ0n) is 16.5. The maximum Gasteiger partial charge on any atom is 0.335 e. The van der Waals surface area contributed by atoms with Gasteiger partial charge < -0.3 is 5.11 Å². The van der Waals surface area contributed by atoms with Crippen molar-refractivity contribution in [3.05, 3.63) is 95.8 Å². The Labute approximate surface area is 178 Å². The number of hydrogen-bond donors (Lipinski definition) is 2. The summed E-state index contributed by atoms with van der Waals surface area (Å²) in [5, 5.41) is 10.6. The molecule has 0 bridgehead atoms. The van der Waals surface area contributed by atoms with E-state index in [1.807, 2.05) is 12.1 Å². The van der Waals surface area contributed by atoms with E-state index in [4.69, 9.17) is 0 Å². The molecule has 156 valence electrons. The zero-order valence-corrected chi connectivity index (χ0v) is 17.3. The van der Waals surface area contributed by atoms with Gasteiger partial charge in [-0.2, -0.15) is 0 Å². The molecule has 4 aromatic rings. The van der Waals surface area contributed by atoms with Crippen molar-refractivity contribution in [2.75, 3.05) is 4.72 Å². The van der Waals surface area contributed by atoms with E-state index in [1.165, 1.54) is 18.2 Å². The Morgan fingerprint density at radius 1 is 0.903 bits per heavy atom. The fraction of sp³-hybridized carbons (Fsp3) is 0.0417. The molecular formula is C24H18FNO4S. The van der Waals surface area contributed by atoms with Crippen LogP contribution in [0.5, 0.6) is 0 Å². The number of benzene rings is 4. The lowest BCUT2D eigenvalue weighted by atomic mass is 9.96. The van der Waals surface area contributed by atoms with Crippen LogP contribution in [0.15, 0.2) is 83.8 Å². The maximum absolute atomic E-state index is 14.2. The first kappa shape index (κ1) is 20.6. The highest BCUT2D eigenvalue weighted by Gasteiger charge is 2.21. The molecule has 0 unspecified atom stereocenters. The summed E-state index contributed by atoms with van der Waals surface area (Å²) in [6, 6.07) is 20.9. The third-order valence-corrected chi connectivity index (χ3v) is 6.35. The van der Waals surface area contributed by atoms with Crippen LogP contribution in [0.25, 0.3) is 21.9 Å². The largest absolute Gasteiger partial charge is 0.478 e. The molecule has 0 radical (unpaired) electrons. The van der Waals surface area contributed by atoms with Crippen LogP contribution in [0.4, 0.5) is 10.1 Å². The highest BCUT2D eigenvalue weighted by Crippen LogP contribution is 2.34. The molecule has 0 aliphatic heterocycles. The first-order valence-electron chi connectivity index (χ1n) is 9.41. The first-order chi connectivity index (χ1) is 14.8. The van der Waals surface area contributed by atoms with E-state index in [1.54, 1.807) is 49.4 Å². The molecule has 0 spiro atoms. The summed E-state index contributed by atoms with van der Waals surface area (Å²) in [5.74, 6) is -1.86. The summed E-state index contributed by atoms with van der Waals surface area (Å²) >= 11 is 0. The van der Waals surface area contributed by atoms with E-state index >= 15 is 0 Å². The third kappa shape index (κ3) is 4.00. The van der Waals surface area contributed by atoms with Crippen molar-refractivity contribution >= 4 is 32.5 Å². The van der Waals surface area contributed by atoms with Crippen LogP contribution in [0.3, 0.4) is 0 Å². The summed E-state index contributed by atoms with van der Waals surface area (Å²) in [7, 11) is -4.16. The van der Waals surface area contributed by atoms with Gasteiger partial charge in [-0.15, -0.1) is 0 Å². The van der Waals surface area contributed by atoms with E-state index in [2.05, 4.69) is 4.72 Å². The van der Waals surface area contributed by atoms with Crippen molar-refractivity contribution in [3.8, 4) is 11.1 Å². The highest BCUT2D eigenvalue weighted by molar-refractivity contribution is 7.92. The summed E-state index contributed by atoms with van der Waals surface area (Å²) in [5.41, 5.74) is 2.52. The fourth-order valence-electron chi connectivity index (χ4n) is 3.48. The average Bonchev–Trinajstić information content (AvgIpc) is 2.75. The van der Waals surface area contributed by atoms with Crippen LogP contribution in [0.2, 0.25) is 0 Å². The van der Waals surface area contributed by atoms with Crippen molar-refractivity contribution in [1.82, 2.24) is 0 Å². The van der Waals surface area contributed by atoms with Crippen LogP contribution in [0, 0.1) is 12.7 Å². The van der Waals surface area contributed by atoms with Crippen LogP contribution in [-0.4, -0.2) is 19.5 Å². The van der Waals surface area contributed by atoms with Gasteiger partial charge in [-0.05, 0) is 59.3 Å². The molecule has 0 heterocycles. The number of carbonyl (C=O) groups is 1. The second kappa shape index (κ2) is 7.85. The maximum atomic E-state index is 14.2. The number of sulfonamides is 1. The van der Waals surface area contributed by atoms with Crippen molar-refractivity contribution < 1.29 is 22.7 Å². The van der Waals surface area contributed by atoms with Gasteiger partial charge in [0, 0.05) is 5.39 Å². The Balaban J connectivity index is 1.83. The molecule has 5 nitrogen and oxygen atoms in total. The number of aromatic carboxylic acids is 1. The van der Waals surface area contributed by atoms with Crippen LogP contribution < -0.4 is 4.72 Å². The van der Waals surface area contributed by atoms with E-state index in [0.29, 0.717) is 22.2 Å². The summed E-state index contributed by atoms with van der Waals surface area (Å²) in [4.78, 5) is 10.9. The third-order valence-electron chi connectivity index (χ3n) is 4.97. The molecule has 0 saturated heterocycles. The van der Waals surface area contributed by atoms with Crippen molar-refractivity contribution in [2.45, 2.75) is 11.8 Å². The van der Waals surface area contributed by atoms with Gasteiger partial charge in [-0.1, -0.05) is 48.5 Å². The number of anilines is 1. The number of halogens is 1. The van der Waals surface area contributed by atoms with E-state index in [9.17, 15) is 22.7 Å². The average molecular weight is 435 g/mol. The monoisotopic (exact) mass is 435 g/mol. The van der Waals surface area contributed by atoms with Crippen molar-refractivity contribution in [3.63, 3.8) is 0 Å². The standard InChI is InChI=1S/C24H18FNO4S/c1-15-9-11-21(25)23(13-15)31(29,30)26-22-12-10-18(19-7-2-3-8-20(19)22)16-5-4-6-17(14-16)24(27)28/h2-14,26H,1H3,(H,27,28). The van der Waals surface area contributed by atoms with Gasteiger partial charge >= 0.3 is 5.97 Å². The van der Waals surface area contributed by atoms with E-state index < -0.39 is 26.7 Å². The molecule has 0 aliphatic rings. The van der Waals surface area contributed by atoms with Gasteiger partial charge in [0.05, 0.1) is 11.3 Å². The second-order valence-corrected chi connectivity index (χ2v) is 8.78. The summed E-state index contributed by atoms with van der Waals surface area (Å²) in [6.45, 7) is 1.69. The zero-order chi connectivity index (χ0) is 22.2. The lowest BCUT2D eigenvalue weighted by Crippen LogP contribution is -2.15. The molecule has 0 fully saturated rings. The van der Waals surface area contributed by atoms with Gasteiger partial charge in [0.25, 0.3) is 10.0 Å². The molecule has 4 aromatic carbocycles. The number of aryl methyl sites for hydroxylation is 1. The Morgan fingerprint density at radius 2 is 1.65 bits per heavy atom. The molecule has 0 atom stereocenters. The summed E-state index contributed by atoms with van der Waals surface area (Å²) < 4.78 is 42.4. The number of nitrogens with one attached hydrogen (secondary N) is 1. The minimum Gasteiger partial charge on any atom is -0.478 e. The predicted octanol–water partition coefficient (Wildman–Crippen LogP) is 5.45. The predicted molar refractivity (Wildman–Crippen MR) is 118 cm³/mol. The molecule has 0 saturated carbocycles. The lowest BCUT2D eigenvalue weighted by Gasteiger charge is -2.15. The van der Waals surface area contributed by atoms with Gasteiger partial charge in [-0.25, -0.2) is 17.6 Å². The van der Waals surface area contributed by atoms with Crippen LogP contribution >= 0.6 is 0 Å². The van der Waals surface area contributed by atoms with Gasteiger partial charge in [0.15, 0.2) is 0 Å². The Kier molecular flexibility index (Phi) is 5.20. The second-order valence-electron chi connectivity index (χ2n) is 7.13. The van der Waals surface area contributed by atoms with Crippen LogP contribution in [0.1, 0.15) is 15.9 Å². The Bertz CT molecular complexity index is 1430. The minimum atomic E-state index is -4.16. The molecule has 7 heteroatoms. The summed E-state index contributed by atoms with van der Waals surface area (Å²) in [6.07, 6.45) is 0. The van der Waals surface area contributed by atoms with Crippen molar-refractivity contribution in [2.24, 2.45) is 0 Å². The fourth-order valence-corrected chi connectivity index (χ4v) is 4.72. The first-order valence-corrected chi connectivity index (χ1v) is 10.9.